The number of ether oxygens (including phenoxy) is 1. The van der Waals surface area contributed by atoms with Gasteiger partial charge in [-0.3, -0.25) is 0 Å². The Morgan fingerprint density at radius 3 is 2.63 bits per heavy atom. The van der Waals surface area contributed by atoms with Crippen LogP contribution in [0.1, 0.15) is 22.8 Å². The molecule has 1 unspecified atom stereocenters. The molecule has 0 aliphatic rings. The van der Waals surface area contributed by atoms with Gasteiger partial charge in [0.15, 0.2) is 0 Å². The van der Waals surface area contributed by atoms with E-state index in [1.165, 1.54) is 0 Å². The summed E-state index contributed by atoms with van der Waals surface area (Å²) in [4.78, 5) is 0. The summed E-state index contributed by atoms with van der Waals surface area (Å²) in [7, 11) is 1.57. The van der Waals surface area contributed by atoms with Crippen molar-refractivity contribution >= 4 is 27.5 Å². The highest BCUT2D eigenvalue weighted by molar-refractivity contribution is 9.10. The molecule has 0 aliphatic carbocycles. The smallest absolute Gasteiger partial charge is 0.125 e. The Bertz CT molecular complexity index is 599. The number of benzene rings is 2. The van der Waals surface area contributed by atoms with Crippen molar-refractivity contribution in [2.45, 2.75) is 13.0 Å². The number of aliphatic hydroxyl groups is 1. The molecule has 0 saturated heterocycles. The maximum atomic E-state index is 10.6. The Morgan fingerprint density at radius 1 is 1.21 bits per heavy atom. The van der Waals surface area contributed by atoms with Gasteiger partial charge in [0.1, 0.15) is 11.9 Å². The second-order valence-corrected chi connectivity index (χ2v) is 5.50. The largest absolute Gasteiger partial charge is 0.496 e. The zero-order valence-corrected chi connectivity index (χ0v) is 13.0. The molecule has 0 aromatic heterocycles. The van der Waals surface area contributed by atoms with Crippen molar-refractivity contribution in [1.29, 1.82) is 0 Å². The van der Waals surface area contributed by atoms with Crippen molar-refractivity contribution in [3.63, 3.8) is 0 Å². The second kappa shape index (κ2) is 5.95. The number of rotatable bonds is 3. The fourth-order valence-corrected chi connectivity index (χ4v) is 2.63. The molecule has 2 aromatic carbocycles. The Morgan fingerprint density at radius 2 is 1.95 bits per heavy atom. The van der Waals surface area contributed by atoms with Crippen LogP contribution in [0.4, 0.5) is 0 Å². The van der Waals surface area contributed by atoms with E-state index in [1.807, 2.05) is 25.1 Å². The van der Waals surface area contributed by atoms with Crippen molar-refractivity contribution in [3.05, 3.63) is 62.6 Å². The fraction of sp³-hybridized carbons (Fsp3) is 0.200. The Kier molecular flexibility index (Phi) is 4.50. The van der Waals surface area contributed by atoms with Gasteiger partial charge in [0, 0.05) is 15.1 Å². The highest BCUT2D eigenvalue weighted by Crippen LogP contribution is 2.36. The number of aryl methyl sites for hydroxylation is 1. The third kappa shape index (κ3) is 2.94. The number of methoxy groups -OCH3 is 1. The molecule has 0 spiro atoms. The van der Waals surface area contributed by atoms with E-state index >= 15 is 0 Å². The summed E-state index contributed by atoms with van der Waals surface area (Å²) in [5, 5.41) is 11.1. The van der Waals surface area contributed by atoms with E-state index in [4.69, 9.17) is 16.3 Å². The van der Waals surface area contributed by atoms with Crippen molar-refractivity contribution in [2.24, 2.45) is 0 Å². The summed E-state index contributed by atoms with van der Waals surface area (Å²) in [5.41, 5.74) is 2.51. The average molecular weight is 342 g/mol. The van der Waals surface area contributed by atoms with Crippen LogP contribution in [0, 0.1) is 6.92 Å². The van der Waals surface area contributed by atoms with Gasteiger partial charge in [-0.1, -0.05) is 45.7 Å². The maximum absolute atomic E-state index is 10.6. The van der Waals surface area contributed by atoms with Gasteiger partial charge < -0.3 is 9.84 Å². The Labute approximate surface area is 126 Å². The first-order valence-corrected chi connectivity index (χ1v) is 6.98. The van der Waals surface area contributed by atoms with Crippen molar-refractivity contribution < 1.29 is 9.84 Å². The van der Waals surface area contributed by atoms with Crippen LogP contribution in [-0.2, 0) is 0 Å². The Hall–Kier alpha value is -1.03. The summed E-state index contributed by atoms with van der Waals surface area (Å²) >= 11 is 9.51. The van der Waals surface area contributed by atoms with E-state index in [9.17, 15) is 5.11 Å². The first-order chi connectivity index (χ1) is 9.04. The van der Waals surface area contributed by atoms with E-state index in [2.05, 4.69) is 15.9 Å². The molecule has 1 atom stereocenters. The average Bonchev–Trinajstić information content (AvgIpc) is 2.41. The van der Waals surface area contributed by atoms with Crippen molar-refractivity contribution in [3.8, 4) is 5.75 Å². The minimum Gasteiger partial charge on any atom is -0.496 e. The van der Waals surface area contributed by atoms with E-state index in [0.717, 1.165) is 15.6 Å². The van der Waals surface area contributed by atoms with Gasteiger partial charge in [-0.15, -0.1) is 0 Å². The van der Waals surface area contributed by atoms with Crippen LogP contribution in [0.3, 0.4) is 0 Å². The molecule has 0 bridgehead atoms. The zero-order valence-electron chi connectivity index (χ0n) is 10.7. The number of halogens is 2. The molecular weight excluding hydrogens is 328 g/mol. The van der Waals surface area contributed by atoms with E-state index in [0.29, 0.717) is 16.3 Å². The van der Waals surface area contributed by atoms with E-state index in [-0.39, 0.29) is 0 Å². The predicted molar refractivity (Wildman–Crippen MR) is 80.9 cm³/mol. The normalized spacial score (nSPS) is 12.3. The molecule has 0 heterocycles. The topological polar surface area (TPSA) is 29.5 Å². The van der Waals surface area contributed by atoms with Gasteiger partial charge in [0.2, 0.25) is 0 Å². The molecule has 100 valence electrons. The molecule has 0 saturated carbocycles. The maximum Gasteiger partial charge on any atom is 0.125 e. The number of hydrogen-bond donors (Lipinski definition) is 1. The monoisotopic (exact) mass is 340 g/mol. The van der Waals surface area contributed by atoms with Crippen molar-refractivity contribution in [2.75, 3.05) is 7.11 Å². The number of hydrogen-bond acceptors (Lipinski definition) is 2. The van der Waals surface area contributed by atoms with Crippen molar-refractivity contribution in [1.82, 2.24) is 0 Å². The summed E-state index contributed by atoms with van der Waals surface area (Å²) < 4.78 is 6.17. The second-order valence-electron chi connectivity index (χ2n) is 4.27. The molecule has 4 heteroatoms. The predicted octanol–water partition coefficient (Wildman–Crippen LogP) is 4.50. The van der Waals surface area contributed by atoms with Crippen LogP contribution in [-0.4, -0.2) is 12.2 Å². The third-order valence-electron chi connectivity index (χ3n) is 3.00. The molecule has 0 aliphatic heterocycles. The molecule has 2 nitrogen and oxygen atoms in total. The summed E-state index contributed by atoms with van der Waals surface area (Å²) in [5.74, 6) is 0.616. The van der Waals surface area contributed by atoms with Crippen LogP contribution >= 0.6 is 27.5 Å². The third-order valence-corrected chi connectivity index (χ3v) is 4.32. The highest BCUT2D eigenvalue weighted by Gasteiger charge is 2.18. The molecule has 2 aromatic rings. The van der Waals surface area contributed by atoms with Gasteiger partial charge >= 0.3 is 0 Å². The lowest BCUT2D eigenvalue weighted by Gasteiger charge is -2.17. The van der Waals surface area contributed by atoms with Gasteiger partial charge in [-0.25, -0.2) is 0 Å². The van der Waals surface area contributed by atoms with Crippen LogP contribution < -0.4 is 4.74 Å². The summed E-state index contributed by atoms with van der Waals surface area (Å²) in [6.07, 6.45) is -0.789. The lowest BCUT2D eigenvalue weighted by atomic mass is 9.99. The first-order valence-electron chi connectivity index (χ1n) is 5.81. The fourth-order valence-electron chi connectivity index (χ4n) is 1.97. The first kappa shape index (κ1) is 14.4. The van der Waals surface area contributed by atoms with Gasteiger partial charge in [0.05, 0.1) is 7.11 Å². The Balaban J connectivity index is 2.52. The van der Waals surface area contributed by atoms with Gasteiger partial charge in [-0.05, 0) is 36.2 Å². The van der Waals surface area contributed by atoms with E-state index in [1.54, 1.807) is 25.3 Å². The molecule has 0 fully saturated rings. The SMILES string of the molecule is COc1ccc(Cl)cc1C(O)c1cccc(C)c1Br. The van der Waals surface area contributed by atoms with Crippen LogP contribution in [0.5, 0.6) is 5.75 Å². The van der Waals surface area contributed by atoms with Crippen LogP contribution in [0.2, 0.25) is 5.02 Å². The van der Waals surface area contributed by atoms with E-state index < -0.39 is 6.10 Å². The van der Waals surface area contributed by atoms with Crippen LogP contribution in [0.25, 0.3) is 0 Å². The minimum absolute atomic E-state index is 0.568. The summed E-state index contributed by atoms with van der Waals surface area (Å²) in [6, 6.07) is 11.0. The molecule has 1 N–H and O–H groups in total. The number of aliphatic hydroxyl groups excluding tert-OH is 1. The molecule has 0 radical (unpaired) electrons. The van der Waals surface area contributed by atoms with Crippen LogP contribution in [0.15, 0.2) is 40.9 Å². The van der Waals surface area contributed by atoms with Gasteiger partial charge in [0.25, 0.3) is 0 Å². The lowest BCUT2D eigenvalue weighted by Crippen LogP contribution is -2.04. The summed E-state index contributed by atoms with van der Waals surface area (Å²) in [6.45, 7) is 1.98. The molecule has 19 heavy (non-hydrogen) atoms. The van der Waals surface area contributed by atoms with Gasteiger partial charge in [-0.2, -0.15) is 0 Å². The zero-order chi connectivity index (χ0) is 14.0. The molecule has 2 rings (SSSR count). The highest BCUT2D eigenvalue weighted by atomic mass is 79.9. The minimum atomic E-state index is -0.789. The standard InChI is InChI=1S/C15H14BrClO2/c1-9-4-3-5-11(14(9)16)15(18)12-8-10(17)6-7-13(12)19-2/h3-8,15,18H,1-2H3. The lowest BCUT2D eigenvalue weighted by molar-refractivity contribution is 0.214. The molecule has 0 amide bonds. The molecular formula is C15H14BrClO2. The quantitative estimate of drug-likeness (QED) is 0.890.